The molecule has 0 atom stereocenters. The molecule has 0 amide bonds. The number of pyridine rings is 1. The largest absolute Gasteiger partial charge is 0.384 e. The summed E-state index contributed by atoms with van der Waals surface area (Å²) in [7, 11) is 0. The van der Waals surface area contributed by atoms with Gasteiger partial charge in [0.1, 0.15) is 11.6 Å². The van der Waals surface area contributed by atoms with E-state index in [-0.39, 0.29) is 11.8 Å². The summed E-state index contributed by atoms with van der Waals surface area (Å²) in [5.41, 5.74) is 15.7. The summed E-state index contributed by atoms with van der Waals surface area (Å²) in [5, 5.41) is 0. The van der Waals surface area contributed by atoms with Crippen molar-refractivity contribution < 1.29 is 4.39 Å². The monoisotopic (exact) mass is 357 g/mol. The lowest BCUT2D eigenvalue weighted by atomic mass is 9.94. The molecule has 0 spiro atoms. The predicted octanol–water partition coefficient (Wildman–Crippen LogP) is 4.18. The Morgan fingerprint density at radius 1 is 0.630 bits per heavy atom. The molecule has 27 heavy (non-hydrogen) atoms. The zero-order chi connectivity index (χ0) is 18.8. The van der Waals surface area contributed by atoms with Crippen LogP contribution in [0.1, 0.15) is 0 Å². The van der Waals surface area contributed by atoms with Crippen LogP contribution in [0.2, 0.25) is 0 Å². The third-order valence-corrected chi connectivity index (χ3v) is 4.29. The van der Waals surface area contributed by atoms with Gasteiger partial charge >= 0.3 is 0 Å². The Bertz CT molecular complexity index is 1090. The van der Waals surface area contributed by atoms with Crippen LogP contribution in [-0.2, 0) is 0 Å². The molecule has 0 fully saturated rings. The zero-order valence-corrected chi connectivity index (χ0v) is 14.3. The van der Waals surface area contributed by atoms with Crippen LogP contribution in [0.5, 0.6) is 0 Å². The zero-order valence-electron chi connectivity index (χ0n) is 14.3. The number of nitrogen functional groups attached to an aromatic ring is 2. The van der Waals surface area contributed by atoms with Crippen molar-refractivity contribution in [2.24, 2.45) is 0 Å². The van der Waals surface area contributed by atoms with Crippen LogP contribution in [0, 0.1) is 5.82 Å². The molecule has 6 heteroatoms. The molecule has 0 aliphatic carbocycles. The molecule has 0 aliphatic rings. The van der Waals surface area contributed by atoms with Gasteiger partial charge in [0.2, 0.25) is 5.95 Å². The molecule has 4 aromatic rings. The maximum atomic E-state index is 14.8. The number of rotatable bonds is 3. The fraction of sp³-hybridized carbons (Fsp3) is 0. The molecule has 0 unspecified atom stereocenters. The molecule has 132 valence electrons. The first kappa shape index (κ1) is 16.7. The minimum Gasteiger partial charge on any atom is -0.384 e. The molecule has 0 radical (unpaired) electrons. The lowest BCUT2D eigenvalue weighted by Crippen LogP contribution is -1.95. The van der Waals surface area contributed by atoms with Gasteiger partial charge in [-0.05, 0) is 34.9 Å². The number of benzene rings is 2. The molecule has 0 aliphatic heterocycles. The van der Waals surface area contributed by atoms with Crippen LogP contribution in [-0.4, -0.2) is 15.0 Å². The molecule has 0 saturated carbocycles. The van der Waals surface area contributed by atoms with Crippen LogP contribution < -0.4 is 11.5 Å². The third-order valence-electron chi connectivity index (χ3n) is 4.29. The fourth-order valence-corrected chi connectivity index (χ4v) is 2.95. The minimum atomic E-state index is -0.355. The molecule has 4 rings (SSSR count). The highest BCUT2D eigenvalue weighted by molar-refractivity contribution is 5.84. The second-order valence-electron chi connectivity index (χ2n) is 6.04. The highest BCUT2D eigenvalue weighted by Gasteiger charge is 2.12. The van der Waals surface area contributed by atoms with E-state index in [1.54, 1.807) is 18.3 Å². The molecular formula is C21H16FN5. The van der Waals surface area contributed by atoms with Crippen LogP contribution >= 0.6 is 0 Å². The van der Waals surface area contributed by atoms with Crippen molar-refractivity contribution in [3.05, 3.63) is 79.0 Å². The maximum absolute atomic E-state index is 14.8. The lowest BCUT2D eigenvalue weighted by Gasteiger charge is -2.11. The summed E-state index contributed by atoms with van der Waals surface area (Å²) in [4.78, 5) is 12.0. The summed E-state index contributed by atoms with van der Waals surface area (Å²) < 4.78 is 14.8. The van der Waals surface area contributed by atoms with Crippen molar-refractivity contribution in [2.75, 3.05) is 11.5 Å². The van der Waals surface area contributed by atoms with Gasteiger partial charge in [-0.2, -0.15) is 0 Å². The third kappa shape index (κ3) is 3.32. The van der Waals surface area contributed by atoms with Gasteiger partial charge in [-0.1, -0.05) is 36.4 Å². The summed E-state index contributed by atoms with van der Waals surface area (Å²) in [6.07, 6.45) is 4.73. The molecule has 2 aromatic carbocycles. The second-order valence-corrected chi connectivity index (χ2v) is 6.04. The van der Waals surface area contributed by atoms with Gasteiger partial charge in [-0.25, -0.2) is 19.3 Å². The van der Waals surface area contributed by atoms with Crippen molar-refractivity contribution in [3.63, 3.8) is 0 Å². The Morgan fingerprint density at radius 3 is 1.89 bits per heavy atom. The van der Waals surface area contributed by atoms with Gasteiger partial charge in [0.05, 0.1) is 0 Å². The van der Waals surface area contributed by atoms with E-state index in [9.17, 15) is 4.39 Å². The van der Waals surface area contributed by atoms with Crippen LogP contribution in [0.15, 0.2) is 73.2 Å². The number of hydrogen-bond donors (Lipinski definition) is 2. The summed E-state index contributed by atoms with van der Waals surface area (Å²) in [5.74, 6) is 0.255. The van der Waals surface area contributed by atoms with Gasteiger partial charge in [0, 0.05) is 35.3 Å². The molecular weight excluding hydrogens is 341 g/mol. The standard InChI is InChI=1S/C21H16FN5/c22-19-9-13(5-7-18(19)15-11-26-21(24)27-12-15)16-3-1-2-4-17(16)14-6-8-20(23)25-10-14/h1-12H,(H2,23,25)(H2,24,26,27). The Morgan fingerprint density at radius 2 is 1.26 bits per heavy atom. The number of anilines is 2. The Labute approximate surface area is 155 Å². The predicted molar refractivity (Wildman–Crippen MR) is 105 cm³/mol. The Balaban J connectivity index is 1.78. The Kier molecular flexibility index (Phi) is 4.22. The van der Waals surface area contributed by atoms with Gasteiger partial charge < -0.3 is 11.5 Å². The molecule has 0 saturated heterocycles. The first-order valence-electron chi connectivity index (χ1n) is 8.30. The van der Waals surface area contributed by atoms with Crippen LogP contribution in [0.25, 0.3) is 33.4 Å². The van der Waals surface area contributed by atoms with Gasteiger partial charge in [-0.3, -0.25) is 0 Å². The molecule has 4 N–H and O–H groups in total. The van der Waals surface area contributed by atoms with Gasteiger partial charge in [0.15, 0.2) is 0 Å². The van der Waals surface area contributed by atoms with Crippen LogP contribution in [0.3, 0.4) is 0 Å². The summed E-state index contributed by atoms with van der Waals surface area (Å²) in [6.45, 7) is 0. The quantitative estimate of drug-likeness (QED) is 0.574. The van der Waals surface area contributed by atoms with Gasteiger partial charge in [0.25, 0.3) is 0 Å². The first-order chi connectivity index (χ1) is 13.1. The number of nitrogens with two attached hydrogens (primary N) is 2. The first-order valence-corrected chi connectivity index (χ1v) is 8.30. The summed E-state index contributed by atoms with van der Waals surface area (Å²) in [6, 6.07) is 16.5. The smallest absolute Gasteiger partial charge is 0.219 e. The fourth-order valence-electron chi connectivity index (χ4n) is 2.95. The number of nitrogens with zero attached hydrogens (tertiary/aromatic N) is 3. The van der Waals surface area contributed by atoms with E-state index < -0.39 is 0 Å². The van der Waals surface area contributed by atoms with E-state index in [0.29, 0.717) is 16.9 Å². The van der Waals surface area contributed by atoms with Crippen molar-refractivity contribution >= 4 is 11.8 Å². The Hall–Kier alpha value is -3.80. The molecule has 0 bridgehead atoms. The van der Waals surface area contributed by atoms with Gasteiger partial charge in [-0.15, -0.1) is 0 Å². The van der Waals surface area contributed by atoms with E-state index >= 15 is 0 Å². The van der Waals surface area contributed by atoms with Crippen molar-refractivity contribution in [3.8, 4) is 33.4 Å². The maximum Gasteiger partial charge on any atom is 0.219 e. The molecule has 2 aromatic heterocycles. The van der Waals surface area contributed by atoms with Crippen molar-refractivity contribution in [1.82, 2.24) is 15.0 Å². The van der Waals surface area contributed by atoms with E-state index in [2.05, 4.69) is 15.0 Å². The highest BCUT2D eigenvalue weighted by Crippen LogP contribution is 2.34. The number of hydrogen-bond acceptors (Lipinski definition) is 5. The van der Waals surface area contributed by atoms with Crippen molar-refractivity contribution in [2.45, 2.75) is 0 Å². The highest BCUT2D eigenvalue weighted by atomic mass is 19.1. The van der Waals surface area contributed by atoms with E-state index in [1.807, 2.05) is 36.4 Å². The lowest BCUT2D eigenvalue weighted by molar-refractivity contribution is 0.631. The minimum absolute atomic E-state index is 0.154. The topological polar surface area (TPSA) is 90.7 Å². The SMILES string of the molecule is Nc1ccc(-c2ccccc2-c2ccc(-c3cnc(N)nc3)c(F)c2)cn1. The van der Waals surface area contributed by atoms with E-state index in [0.717, 1.165) is 22.3 Å². The molecule has 5 nitrogen and oxygen atoms in total. The average molecular weight is 357 g/mol. The molecule has 2 heterocycles. The average Bonchev–Trinajstić information content (AvgIpc) is 2.69. The van der Waals surface area contributed by atoms with Crippen LogP contribution in [0.4, 0.5) is 16.2 Å². The van der Waals surface area contributed by atoms with E-state index in [1.165, 1.54) is 18.5 Å². The van der Waals surface area contributed by atoms with Crippen molar-refractivity contribution in [1.29, 1.82) is 0 Å². The normalized spacial score (nSPS) is 10.7. The van der Waals surface area contributed by atoms with E-state index in [4.69, 9.17) is 11.5 Å². The second kappa shape index (κ2) is 6.84. The number of aromatic nitrogens is 3. The summed E-state index contributed by atoms with van der Waals surface area (Å²) >= 11 is 0. The number of halogens is 1.